The van der Waals surface area contributed by atoms with Gasteiger partial charge < -0.3 is 11.1 Å². The number of hydrogen-bond donors (Lipinski definition) is 2. The van der Waals surface area contributed by atoms with Crippen LogP contribution in [0.3, 0.4) is 0 Å². The van der Waals surface area contributed by atoms with E-state index in [1.165, 1.54) is 6.42 Å². The van der Waals surface area contributed by atoms with E-state index in [9.17, 15) is 4.79 Å². The standard InChI is InChI=1S/C13H20N2O/c1-3-10(2)9-15-12-6-4-11(5-7-12)8-13(14)16/h4-7,10,15H,3,8-9H2,1-2H3,(H2,14,16). The highest BCUT2D eigenvalue weighted by molar-refractivity contribution is 5.76. The quantitative estimate of drug-likeness (QED) is 0.772. The Bertz CT molecular complexity index is 332. The molecule has 0 fully saturated rings. The average Bonchev–Trinajstić information content (AvgIpc) is 2.27. The predicted molar refractivity (Wildman–Crippen MR) is 67.3 cm³/mol. The van der Waals surface area contributed by atoms with E-state index in [-0.39, 0.29) is 5.91 Å². The van der Waals surface area contributed by atoms with Crippen molar-refractivity contribution in [3.05, 3.63) is 29.8 Å². The first-order valence-electron chi connectivity index (χ1n) is 5.73. The van der Waals surface area contributed by atoms with Crippen LogP contribution in [0.15, 0.2) is 24.3 Å². The van der Waals surface area contributed by atoms with Crippen LogP contribution in [0.2, 0.25) is 0 Å². The number of nitrogens with two attached hydrogens (primary N) is 1. The minimum absolute atomic E-state index is 0.291. The molecule has 0 radical (unpaired) electrons. The summed E-state index contributed by atoms with van der Waals surface area (Å²) < 4.78 is 0. The summed E-state index contributed by atoms with van der Waals surface area (Å²) in [6, 6.07) is 7.84. The van der Waals surface area contributed by atoms with Crippen molar-refractivity contribution in [2.24, 2.45) is 11.7 Å². The largest absolute Gasteiger partial charge is 0.385 e. The van der Waals surface area contributed by atoms with Gasteiger partial charge in [-0.2, -0.15) is 0 Å². The molecule has 0 saturated heterocycles. The summed E-state index contributed by atoms with van der Waals surface area (Å²) in [5, 5.41) is 3.36. The van der Waals surface area contributed by atoms with Crippen LogP contribution in [0.25, 0.3) is 0 Å². The zero-order valence-corrected chi connectivity index (χ0v) is 9.99. The van der Waals surface area contributed by atoms with Crippen LogP contribution in [0.1, 0.15) is 25.8 Å². The van der Waals surface area contributed by atoms with Gasteiger partial charge in [-0.15, -0.1) is 0 Å². The minimum atomic E-state index is -0.291. The third kappa shape index (κ3) is 4.34. The Hall–Kier alpha value is -1.51. The number of carbonyl (C=O) groups excluding carboxylic acids is 1. The third-order valence-electron chi connectivity index (χ3n) is 2.68. The number of primary amides is 1. The van der Waals surface area contributed by atoms with Gasteiger partial charge in [-0.25, -0.2) is 0 Å². The predicted octanol–water partition coefficient (Wildman–Crippen LogP) is 2.17. The molecule has 0 aliphatic heterocycles. The molecule has 16 heavy (non-hydrogen) atoms. The highest BCUT2D eigenvalue weighted by Crippen LogP contribution is 2.11. The second-order valence-corrected chi connectivity index (χ2v) is 4.23. The van der Waals surface area contributed by atoms with Gasteiger partial charge in [0.15, 0.2) is 0 Å². The fourth-order valence-electron chi connectivity index (χ4n) is 1.38. The number of nitrogens with one attached hydrogen (secondary N) is 1. The smallest absolute Gasteiger partial charge is 0.221 e. The van der Waals surface area contributed by atoms with Crippen LogP contribution in [-0.4, -0.2) is 12.5 Å². The number of benzene rings is 1. The van der Waals surface area contributed by atoms with Gasteiger partial charge in [0.25, 0.3) is 0 Å². The molecule has 0 spiro atoms. The first-order chi connectivity index (χ1) is 7.61. The van der Waals surface area contributed by atoms with Crippen molar-refractivity contribution >= 4 is 11.6 Å². The normalized spacial score (nSPS) is 12.1. The Morgan fingerprint density at radius 1 is 1.38 bits per heavy atom. The molecule has 1 aromatic rings. The van der Waals surface area contributed by atoms with Crippen LogP contribution in [-0.2, 0) is 11.2 Å². The Kier molecular flexibility index (Phi) is 4.83. The maximum atomic E-state index is 10.7. The van der Waals surface area contributed by atoms with E-state index in [2.05, 4.69) is 19.2 Å². The van der Waals surface area contributed by atoms with Crippen molar-refractivity contribution in [2.45, 2.75) is 26.7 Å². The molecule has 3 N–H and O–H groups in total. The number of rotatable bonds is 6. The van der Waals surface area contributed by atoms with Crippen molar-refractivity contribution in [2.75, 3.05) is 11.9 Å². The lowest BCUT2D eigenvalue weighted by molar-refractivity contribution is -0.117. The fourth-order valence-corrected chi connectivity index (χ4v) is 1.38. The molecule has 1 atom stereocenters. The Morgan fingerprint density at radius 2 is 2.00 bits per heavy atom. The second-order valence-electron chi connectivity index (χ2n) is 4.23. The first kappa shape index (κ1) is 12.6. The summed E-state index contributed by atoms with van der Waals surface area (Å²) in [5.74, 6) is 0.380. The van der Waals surface area contributed by atoms with Crippen LogP contribution < -0.4 is 11.1 Å². The number of carbonyl (C=O) groups is 1. The van der Waals surface area contributed by atoms with Crippen molar-refractivity contribution in [1.29, 1.82) is 0 Å². The van der Waals surface area contributed by atoms with Crippen molar-refractivity contribution in [3.8, 4) is 0 Å². The average molecular weight is 220 g/mol. The zero-order valence-electron chi connectivity index (χ0n) is 9.99. The van der Waals surface area contributed by atoms with Gasteiger partial charge in [0.2, 0.25) is 5.91 Å². The van der Waals surface area contributed by atoms with E-state index in [0.29, 0.717) is 12.3 Å². The molecule has 1 unspecified atom stereocenters. The molecule has 0 aromatic heterocycles. The van der Waals surface area contributed by atoms with Gasteiger partial charge in [-0.1, -0.05) is 32.4 Å². The molecule has 1 rings (SSSR count). The van der Waals surface area contributed by atoms with Crippen LogP contribution in [0.4, 0.5) is 5.69 Å². The Balaban J connectivity index is 2.48. The fraction of sp³-hybridized carbons (Fsp3) is 0.462. The molecule has 1 amide bonds. The molecule has 1 aromatic carbocycles. The molecule has 0 bridgehead atoms. The molecule has 0 aliphatic rings. The van der Waals surface area contributed by atoms with E-state index in [1.807, 2.05) is 24.3 Å². The third-order valence-corrected chi connectivity index (χ3v) is 2.68. The van der Waals surface area contributed by atoms with Gasteiger partial charge in [0.05, 0.1) is 6.42 Å². The minimum Gasteiger partial charge on any atom is -0.385 e. The summed E-state index contributed by atoms with van der Waals surface area (Å²) in [5.41, 5.74) is 7.18. The number of anilines is 1. The lowest BCUT2D eigenvalue weighted by atomic mass is 10.1. The molecule has 88 valence electrons. The highest BCUT2D eigenvalue weighted by atomic mass is 16.1. The van der Waals surface area contributed by atoms with E-state index in [0.717, 1.165) is 17.8 Å². The molecule has 3 nitrogen and oxygen atoms in total. The molecule has 0 aliphatic carbocycles. The first-order valence-corrected chi connectivity index (χ1v) is 5.73. The van der Waals surface area contributed by atoms with Gasteiger partial charge in [-0.05, 0) is 23.6 Å². The van der Waals surface area contributed by atoms with Gasteiger partial charge in [0, 0.05) is 12.2 Å². The molecule has 3 heteroatoms. The maximum absolute atomic E-state index is 10.7. The maximum Gasteiger partial charge on any atom is 0.221 e. The Morgan fingerprint density at radius 3 is 2.50 bits per heavy atom. The van der Waals surface area contributed by atoms with Gasteiger partial charge in [-0.3, -0.25) is 4.79 Å². The summed E-state index contributed by atoms with van der Waals surface area (Å²) in [7, 11) is 0. The van der Waals surface area contributed by atoms with E-state index >= 15 is 0 Å². The van der Waals surface area contributed by atoms with Crippen LogP contribution in [0, 0.1) is 5.92 Å². The summed E-state index contributed by atoms with van der Waals surface area (Å²) in [6.45, 7) is 5.38. The molecular weight excluding hydrogens is 200 g/mol. The van der Waals surface area contributed by atoms with E-state index < -0.39 is 0 Å². The lowest BCUT2D eigenvalue weighted by Crippen LogP contribution is -2.13. The lowest BCUT2D eigenvalue weighted by Gasteiger charge is -2.11. The SMILES string of the molecule is CCC(C)CNc1ccc(CC(N)=O)cc1. The Labute approximate surface area is 97.0 Å². The summed E-state index contributed by atoms with van der Waals surface area (Å²) >= 11 is 0. The van der Waals surface area contributed by atoms with Crippen LogP contribution >= 0.6 is 0 Å². The number of amides is 1. The van der Waals surface area contributed by atoms with Gasteiger partial charge >= 0.3 is 0 Å². The molecular formula is C13H20N2O. The summed E-state index contributed by atoms with van der Waals surface area (Å²) in [6.07, 6.45) is 1.48. The van der Waals surface area contributed by atoms with Crippen molar-refractivity contribution in [1.82, 2.24) is 0 Å². The van der Waals surface area contributed by atoms with Crippen molar-refractivity contribution < 1.29 is 4.79 Å². The summed E-state index contributed by atoms with van der Waals surface area (Å²) in [4.78, 5) is 10.7. The second kappa shape index (κ2) is 6.16. The van der Waals surface area contributed by atoms with E-state index in [4.69, 9.17) is 5.73 Å². The van der Waals surface area contributed by atoms with Gasteiger partial charge in [0.1, 0.15) is 0 Å². The number of hydrogen-bond acceptors (Lipinski definition) is 2. The monoisotopic (exact) mass is 220 g/mol. The van der Waals surface area contributed by atoms with Crippen LogP contribution in [0.5, 0.6) is 0 Å². The van der Waals surface area contributed by atoms with E-state index in [1.54, 1.807) is 0 Å². The van der Waals surface area contributed by atoms with Crippen molar-refractivity contribution in [3.63, 3.8) is 0 Å². The highest BCUT2D eigenvalue weighted by Gasteiger charge is 2.00. The topological polar surface area (TPSA) is 55.1 Å². The molecule has 0 saturated carbocycles. The molecule has 0 heterocycles. The zero-order chi connectivity index (χ0) is 12.0.